The third kappa shape index (κ3) is 2.31. The minimum absolute atomic E-state index is 0.347. The number of hydrogen-bond donors (Lipinski definition) is 2. The molecule has 4 nitrogen and oxygen atoms in total. The van der Waals surface area contributed by atoms with Crippen LogP contribution in [0.15, 0.2) is 60.7 Å². The molecule has 3 aromatic rings. The van der Waals surface area contributed by atoms with E-state index in [2.05, 4.69) is 0 Å². The number of carboxylic acid groups (broad SMARTS) is 1. The minimum atomic E-state index is -1.60. The molecule has 0 saturated carbocycles. The number of benzene rings is 3. The van der Waals surface area contributed by atoms with E-state index in [0.29, 0.717) is 5.56 Å². The molecule has 0 bridgehead atoms. The first-order valence-electron chi connectivity index (χ1n) is 6.66. The third-order valence-corrected chi connectivity index (χ3v) is 3.51. The van der Waals surface area contributed by atoms with Gasteiger partial charge in [0.2, 0.25) is 0 Å². The zero-order valence-electron chi connectivity index (χ0n) is 11.5. The maximum absolute atomic E-state index is 11.4. The number of aliphatic hydroxyl groups excluding tert-OH is 1. The van der Waals surface area contributed by atoms with E-state index < -0.39 is 11.8 Å². The van der Waals surface area contributed by atoms with Gasteiger partial charge in [0.15, 0.2) is 0 Å². The summed E-state index contributed by atoms with van der Waals surface area (Å²) >= 11 is 0. The number of rotatable bonds is 3. The molecule has 0 radical (unpaired) electrons. The van der Waals surface area contributed by atoms with Gasteiger partial charge in [0.1, 0.15) is 5.76 Å². The largest absolute Gasteiger partial charge is 0.507 e. The van der Waals surface area contributed by atoms with Crippen LogP contribution in [0.3, 0.4) is 0 Å². The van der Waals surface area contributed by atoms with Crippen molar-refractivity contribution in [2.24, 2.45) is 0 Å². The number of carboxylic acids is 1. The summed E-state index contributed by atoms with van der Waals surface area (Å²) in [5.74, 6) is -3.11. The van der Waals surface area contributed by atoms with Crippen LogP contribution in [0.5, 0.6) is 0 Å². The Hall–Kier alpha value is -3.14. The molecular formula is C18H12O4. The SMILES string of the molecule is O=C(O)C(=O)C=C(O)c1c2ccccc2cc2ccccc12. The van der Waals surface area contributed by atoms with Gasteiger partial charge in [-0.15, -0.1) is 0 Å². The van der Waals surface area contributed by atoms with Crippen molar-refractivity contribution in [1.29, 1.82) is 0 Å². The van der Waals surface area contributed by atoms with Crippen molar-refractivity contribution in [3.05, 3.63) is 66.2 Å². The van der Waals surface area contributed by atoms with Crippen molar-refractivity contribution < 1.29 is 19.8 Å². The van der Waals surface area contributed by atoms with Crippen LogP contribution >= 0.6 is 0 Å². The van der Waals surface area contributed by atoms with Crippen molar-refractivity contribution in [2.45, 2.75) is 0 Å². The van der Waals surface area contributed by atoms with Gasteiger partial charge in [-0.1, -0.05) is 48.5 Å². The van der Waals surface area contributed by atoms with Crippen LogP contribution in [0.25, 0.3) is 27.3 Å². The van der Waals surface area contributed by atoms with E-state index in [1.807, 2.05) is 54.6 Å². The predicted octanol–water partition coefficient (Wildman–Crippen LogP) is 3.55. The van der Waals surface area contributed by atoms with Gasteiger partial charge in [-0.3, -0.25) is 4.79 Å². The normalized spacial score (nSPS) is 11.7. The van der Waals surface area contributed by atoms with Gasteiger partial charge in [-0.2, -0.15) is 0 Å². The molecule has 3 rings (SSSR count). The molecule has 0 heterocycles. The van der Waals surface area contributed by atoms with Crippen molar-refractivity contribution in [3.63, 3.8) is 0 Å². The van der Waals surface area contributed by atoms with Crippen LogP contribution in [0.4, 0.5) is 0 Å². The summed E-state index contributed by atoms with van der Waals surface area (Å²) in [6, 6.07) is 16.8. The van der Waals surface area contributed by atoms with Crippen LogP contribution in [0, 0.1) is 0 Å². The maximum Gasteiger partial charge on any atom is 0.376 e. The summed E-state index contributed by atoms with van der Waals surface area (Å²) in [6.45, 7) is 0. The van der Waals surface area contributed by atoms with Gasteiger partial charge in [-0.05, 0) is 27.6 Å². The lowest BCUT2D eigenvalue weighted by molar-refractivity contribution is -0.146. The fourth-order valence-electron chi connectivity index (χ4n) is 2.55. The molecule has 0 fully saturated rings. The van der Waals surface area contributed by atoms with Crippen LogP contribution in [0.2, 0.25) is 0 Å². The van der Waals surface area contributed by atoms with E-state index in [-0.39, 0.29) is 5.76 Å². The van der Waals surface area contributed by atoms with E-state index in [9.17, 15) is 14.7 Å². The second-order valence-electron chi connectivity index (χ2n) is 4.89. The molecule has 22 heavy (non-hydrogen) atoms. The zero-order chi connectivity index (χ0) is 15.7. The summed E-state index contributed by atoms with van der Waals surface area (Å²) < 4.78 is 0. The molecule has 108 valence electrons. The fourth-order valence-corrected chi connectivity index (χ4v) is 2.55. The Kier molecular flexibility index (Phi) is 3.35. The molecule has 4 heteroatoms. The Balaban J connectivity index is 2.38. The molecule has 0 spiro atoms. The van der Waals surface area contributed by atoms with Gasteiger partial charge < -0.3 is 10.2 Å². The molecule has 0 aromatic heterocycles. The first-order chi connectivity index (χ1) is 10.6. The van der Waals surface area contributed by atoms with Crippen LogP contribution < -0.4 is 0 Å². The quantitative estimate of drug-likeness (QED) is 0.335. The van der Waals surface area contributed by atoms with E-state index in [1.54, 1.807) is 0 Å². The maximum atomic E-state index is 11.4. The fraction of sp³-hybridized carbons (Fsp3) is 0. The summed E-state index contributed by atoms with van der Waals surface area (Å²) in [5.41, 5.74) is 0.461. The lowest BCUT2D eigenvalue weighted by atomic mass is 9.95. The van der Waals surface area contributed by atoms with Crippen molar-refractivity contribution in [1.82, 2.24) is 0 Å². The highest BCUT2D eigenvalue weighted by Gasteiger charge is 2.15. The first-order valence-corrected chi connectivity index (χ1v) is 6.66. The van der Waals surface area contributed by atoms with Crippen molar-refractivity contribution >= 4 is 39.1 Å². The Morgan fingerprint density at radius 2 is 1.32 bits per heavy atom. The number of aliphatic carboxylic acids is 1. The zero-order valence-corrected chi connectivity index (χ0v) is 11.5. The summed E-state index contributed by atoms with van der Waals surface area (Å²) in [7, 11) is 0. The number of hydrogen-bond acceptors (Lipinski definition) is 3. The van der Waals surface area contributed by atoms with Crippen molar-refractivity contribution in [3.8, 4) is 0 Å². The second kappa shape index (κ2) is 5.33. The minimum Gasteiger partial charge on any atom is -0.507 e. The average Bonchev–Trinajstić information content (AvgIpc) is 2.52. The number of carbonyl (C=O) groups is 2. The lowest BCUT2D eigenvalue weighted by Gasteiger charge is -2.10. The molecule has 0 aliphatic rings. The summed E-state index contributed by atoms with van der Waals surface area (Å²) in [5, 5.41) is 22.3. The van der Waals surface area contributed by atoms with Crippen LogP contribution in [0.1, 0.15) is 5.56 Å². The van der Waals surface area contributed by atoms with Crippen LogP contribution in [-0.2, 0) is 9.59 Å². The molecule has 3 aromatic carbocycles. The molecule has 0 saturated heterocycles. The highest BCUT2D eigenvalue weighted by atomic mass is 16.4. The van der Waals surface area contributed by atoms with E-state index in [1.165, 1.54) is 0 Å². The molecule has 0 aliphatic carbocycles. The monoisotopic (exact) mass is 292 g/mol. The van der Waals surface area contributed by atoms with Gasteiger partial charge in [0.05, 0.1) is 0 Å². The molecule has 0 amide bonds. The van der Waals surface area contributed by atoms with E-state index >= 15 is 0 Å². The van der Waals surface area contributed by atoms with Gasteiger partial charge >= 0.3 is 5.97 Å². The smallest absolute Gasteiger partial charge is 0.376 e. The van der Waals surface area contributed by atoms with E-state index in [4.69, 9.17) is 5.11 Å². The summed E-state index contributed by atoms with van der Waals surface area (Å²) in [6.07, 6.45) is 0.747. The second-order valence-corrected chi connectivity index (χ2v) is 4.89. The Labute approximate surface area is 125 Å². The Morgan fingerprint density at radius 1 is 0.818 bits per heavy atom. The predicted molar refractivity (Wildman–Crippen MR) is 84.7 cm³/mol. The van der Waals surface area contributed by atoms with Gasteiger partial charge in [0.25, 0.3) is 5.78 Å². The van der Waals surface area contributed by atoms with Crippen molar-refractivity contribution in [2.75, 3.05) is 0 Å². The van der Waals surface area contributed by atoms with E-state index in [0.717, 1.165) is 27.6 Å². The number of fused-ring (bicyclic) bond motifs is 2. The molecule has 0 aliphatic heterocycles. The molecule has 2 N–H and O–H groups in total. The van der Waals surface area contributed by atoms with Gasteiger partial charge in [0, 0.05) is 11.6 Å². The topological polar surface area (TPSA) is 74.6 Å². The number of aliphatic hydroxyl groups is 1. The highest BCUT2D eigenvalue weighted by Crippen LogP contribution is 2.32. The third-order valence-electron chi connectivity index (χ3n) is 3.51. The molecular weight excluding hydrogens is 280 g/mol. The first kappa shape index (κ1) is 13.8. The number of carbonyl (C=O) groups excluding carboxylic acids is 1. The van der Waals surface area contributed by atoms with Gasteiger partial charge in [-0.25, -0.2) is 4.79 Å². The van der Waals surface area contributed by atoms with Crippen LogP contribution in [-0.4, -0.2) is 22.0 Å². The lowest BCUT2D eigenvalue weighted by Crippen LogP contribution is -2.09. The highest BCUT2D eigenvalue weighted by molar-refractivity contribution is 6.38. The molecule has 0 unspecified atom stereocenters. The average molecular weight is 292 g/mol. The summed E-state index contributed by atoms with van der Waals surface area (Å²) in [4.78, 5) is 22.1. The Morgan fingerprint density at radius 3 is 1.82 bits per heavy atom. The molecule has 0 atom stereocenters. The Bertz CT molecular complexity index is 884. The standard InChI is InChI=1S/C18H12O4/c19-15(10-16(20)18(21)22)17-13-7-3-1-5-11(13)9-12-6-2-4-8-14(12)17/h1-10,19H,(H,21,22). The number of ketones is 1.